The summed E-state index contributed by atoms with van der Waals surface area (Å²) in [6.07, 6.45) is 3.07. The fraction of sp³-hybridized carbons (Fsp3) is 0.357. The SMILES string of the molecule is Cn1ccn(Cc2cc(Br)c3c(c2)C(=O)C(Cc2ccc(F)c(OCC(=O)O)c2)CO3)c1=NC(=O)OC(C)(C)C. The number of amides is 1. The number of ether oxygens (including phenoxy) is 3. The van der Waals surface area contributed by atoms with Crippen LogP contribution in [0.5, 0.6) is 11.5 Å². The molecule has 212 valence electrons. The van der Waals surface area contributed by atoms with Crippen LogP contribution in [0.25, 0.3) is 0 Å². The largest absolute Gasteiger partial charge is 0.491 e. The lowest BCUT2D eigenvalue weighted by atomic mass is 9.89. The summed E-state index contributed by atoms with van der Waals surface area (Å²) in [5.41, 5.74) is 1.47. The fourth-order valence-corrected chi connectivity index (χ4v) is 4.88. The van der Waals surface area contributed by atoms with Gasteiger partial charge in [0.15, 0.2) is 24.0 Å². The van der Waals surface area contributed by atoms with Crippen LogP contribution in [-0.4, -0.2) is 50.9 Å². The Morgan fingerprint density at radius 3 is 2.65 bits per heavy atom. The van der Waals surface area contributed by atoms with Crippen molar-refractivity contribution in [2.75, 3.05) is 13.2 Å². The minimum absolute atomic E-state index is 0.124. The lowest BCUT2D eigenvalue weighted by molar-refractivity contribution is -0.139. The second-order valence-electron chi connectivity index (χ2n) is 10.4. The minimum atomic E-state index is -1.22. The van der Waals surface area contributed by atoms with E-state index in [-0.39, 0.29) is 24.6 Å². The Morgan fingerprint density at radius 1 is 1.20 bits per heavy atom. The number of hydrogen-bond acceptors (Lipinski definition) is 6. The zero-order valence-electron chi connectivity index (χ0n) is 22.4. The van der Waals surface area contributed by atoms with Crippen molar-refractivity contribution in [1.29, 1.82) is 0 Å². The van der Waals surface area contributed by atoms with Gasteiger partial charge in [-0.1, -0.05) is 6.07 Å². The first-order valence-corrected chi connectivity index (χ1v) is 13.2. The third-order valence-corrected chi connectivity index (χ3v) is 6.57. The number of ketones is 1. The summed E-state index contributed by atoms with van der Waals surface area (Å²) in [7, 11) is 1.76. The normalized spacial score (nSPS) is 15.4. The van der Waals surface area contributed by atoms with E-state index in [4.69, 9.17) is 19.3 Å². The third-order valence-electron chi connectivity index (χ3n) is 5.98. The Hall–Kier alpha value is -3.93. The van der Waals surface area contributed by atoms with Crippen LogP contribution in [0.1, 0.15) is 42.3 Å². The monoisotopic (exact) mass is 617 g/mol. The van der Waals surface area contributed by atoms with E-state index in [2.05, 4.69) is 20.9 Å². The van der Waals surface area contributed by atoms with Gasteiger partial charge in [0.2, 0.25) is 5.62 Å². The molecule has 0 saturated carbocycles. The predicted octanol–water partition coefficient (Wildman–Crippen LogP) is 4.51. The Morgan fingerprint density at radius 2 is 1.95 bits per heavy atom. The Labute approximate surface area is 238 Å². The number of rotatable bonds is 7. The standard InChI is InChI=1S/C28H29BrFN3O7/c1-28(2,3)40-27(37)31-26-32(4)7-8-33(26)13-17-10-19-24(36)18(14-39-25(19)20(29)11-17)9-16-5-6-21(30)22(12-16)38-15-23(34)35/h5-8,10-12,18H,9,13-15H2,1-4H3,(H,34,35). The minimum Gasteiger partial charge on any atom is -0.491 e. The maximum atomic E-state index is 14.1. The van der Waals surface area contributed by atoms with Gasteiger partial charge in [0.1, 0.15) is 11.4 Å². The summed E-state index contributed by atoms with van der Waals surface area (Å²) in [6.45, 7) is 5.05. The molecule has 0 saturated heterocycles. The van der Waals surface area contributed by atoms with E-state index in [1.165, 1.54) is 18.2 Å². The molecule has 1 atom stereocenters. The fourth-order valence-electron chi connectivity index (χ4n) is 4.26. The molecule has 2 heterocycles. The van der Waals surface area contributed by atoms with Crippen molar-refractivity contribution in [2.45, 2.75) is 39.3 Å². The second kappa shape index (κ2) is 11.7. The lowest BCUT2D eigenvalue weighted by Gasteiger charge is -2.26. The molecule has 0 aliphatic carbocycles. The summed E-state index contributed by atoms with van der Waals surface area (Å²) in [5.74, 6) is -2.36. The van der Waals surface area contributed by atoms with Crippen molar-refractivity contribution in [1.82, 2.24) is 9.13 Å². The molecule has 1 N–H and O–H groups in total. The smallest absolute Gasteiger partial charge is 0.437 e. The van der Waals surface area contributed by atoms with Gasteiger partial charge in [0, 0.05) is 19.4 Å². The molecule has 40 heavy (non-hydrogen) atoms. The molecule has 10 nitrogen and oxygen atoms in total. The van der Waals surface area contributed by atoms with Gasteiger partial charge in [-0.2, -0.15) is 0 Å². The number of aliphatic carboxylic acids is 1. The highest BCUT2D eigenvalue weighted by atomic mass is 79.9. The van der Waals surface area contributed by atoms with Crippen LogP contribution < -0.4 is 15.1 Å². The summed E-state index contributed by atoms with van der Waals surface area (Å²) in [6, 6.07) is 7.70. The molecular formula is C28H29BrFN3O7. The quantitative estimate of drug-likeness (QED) is 0.414. The number of carbonyl (C=O) groups excluding carboxylic acids is 2. The van der Waals surface area contributed by atoms with Gasteiger partial charge in [0.05, 0.1) is 29.1 Å². The van der Waals surface area contributed by atoms with E-state index in [1.54, 1.807) is 55.4 Å². The lowest BCUT2D eigenvalue weighted by Crippen LogP contribution is -2.30. The molecule has 0 radical (unpaired) electrons. The first kappa shape index (κ1) is 29.1. The van der Waals surface area contributed by atoms with Crippen molar-refractivity contribution in [3.8, 4) is 11.5 Å². The van der Waals surface area contributed by atoms with Gasteiger partial charge in [-0.25, -0.2) is 14.0 Å². The number of Topliss-reactive ketones (excluding diaryl/α,β-unsaturated/α-hetero) is 1. The highest BCUT2D eigenvalue weighted by molar-refractivity contribution is 9.10. The number of carboxylic acids is 1. The average molecular weight is 618 g/mol. The zero-order chi connectivity index (χ0) is 29.2. The molecule has 0 bridgehead atoms. The molecule has 1 unspecified atom stereocenters. The van der Waals surface area contributed by atoms with Crippen LogP contribution in [0.3, 0.4) is 0 Å². The van der Waals surface area contributed by atoms with Gasteiger partial charge in [-0.05, 0) is 78.5 Å². The molecule has 3 aromatic rings. The van der Waals surface area contributed by atoms with E-state index in [0.29, 0.717) is 33.5 Å². The number of halogens is 2. The number of aromatic nitrogens is 2. The molecule has 1 aliphatic heterocycles. The van der Waals surface area contributed by atoms with E-state index < -0.39 is 36.0 Å². The zero-order valence-corrected chi connectivity index (χ0v) is 24.0. The molecule has 1 amide bonds. The van der Waals surface area contributed by atoms with Crippen LogP contribution in [0.15, 0.2) is 52.2 Å². The maximum Gasteiger partial charge on any atom is 0.437 e. The molecule has 0 spiro atoms. The van der Waals surface area contributed by atoms with Crippen LogP contribution >= 0.6 is 15.9 Å². The number of imidazole rings is 1. The van der Waals surface area contributed by atoms with Crippen LogP contribution in [-0.2, 0) is 29.5 Å². The average Bonchev–Trinajstić information content (AvgIpc) is 3.18. The Balaban J connectivity index is 1.57. The molecule has 2 aromatic carbocycles. The number of benzene rings is 2. The van der Waals surface area contributed by atoms with Crippen molar-refractivity contribution in [3.05, 3.63) is 75.3 Å². The van der Waals surface area contributed by atoms with E-state index in [9.17, 15) is 18.8 Å². The summed E-state index contributed by atoms with van der Waals surface area (Å²) >= 11 is 3.51. The van der Waals surface area contributed by atoms with E-state index in [0.717, 1.165) is 5.56 Å². The molecule has 1 aliphatic rings. The third kappa shape index (κ3) is 6.98. The van der Waals surface area contributed by atoms with Gasteiger partial charge in [-0.15, -0.1) is 4.99 Å². The number of carboxylic acid groups (broad SMARTS) is 1. The van der Waals surface area contributed by atoms with Gasteiger partial charge >= 0.3 is 12.1 Å². The van der Waals surface area contributed by atoms with Gasteiger partial charge < -0.3 is 28.5 Å². The number of fused-ring (bicyclic) bond motifs is 1. The van der Waals surface area contributed by atoms with E-state index in [1.807, 2.05) is 6.07 Å². The predicted molar refractivity (Wildman–Crippen MR) is 145 cm³/mol. The first-order valence-electron chi connectivity index (χ1n) is 12.4. The molecular weight excluding hydrogens is 589 g/mol. The summed E-state index contributed by atoms with van der Waals surface area (Å²) in [5, 5.41) is 8.82. The molecule has 4 rings (SSSR count). The highest BCUT2D eigenvalue weighted by Gasteiger charge is 2.31. The first-order chi connectivity index (χ1) is 18.8. The summed E-state index contributed by atoms with van der Waals surface area (Å²) in [4.78, 5) is 40.7. The van der Waals surface area contributed by atoms with Crippen molar-refractivity contribution >= 4 is 33.8 Å². The molecule has 1 aromatic heterocycles. The Bertz CT molecular complexity index is 1540. The number of carbonyl (C=O) groups is 3. The number of hydrogen-bond donors (Lipinski definition) is 1. The summed E-state index contributed by atoms with van der Waals surface area (Å²) < 4.78 is 34.4. The molecule has 12 heteroatoms. The van der Waals surface area contributed by atoms with Crippen LogP contribution in [0.2, 0.25) is 0 Å². The highest BCUT2D eigenvalue weighted by Crippen LogP contribution is 2.37. The second-order valence-corrected chi connectivity index (χ2v) is 11.3. The number of nitrogens with zero attached hydrogens (tertiary/aromatic N) is 3. The topological polar surface area (TPSA) is 121 Å². The van der Waals surface area contributed by atoms with Crippen molar-refractivity contribution in [2.24, 2.45) is 18.0 Å². The van der Waals surface area contributed by atoms with Crippen molar-refractivity contribution in [3.63, 3.8) is 0 Å². The van der Waals surface area contributed by atoms with Crippen LogP contribution in [0, 0.1) is 11.7 Å². The Kier molecular flexibility index (Phi) is 8.48. The van der Waals surface area contributed by atoms with Crippen molar-refractivity contribution < 1.29 is 38.1 Å². The van der Waals surface area contributed by atoms with Gasteiger partial charge in [0.25, 0.3) is 0 Å². The van der Waals surface area contributed by atoms with Crippen LogP contribution in [0.4, 0.5) is 9.18 Å². The molecule has 0 fully saturated rings. The maximum absolute atomic E-state index is 14.1. The van der Waals surface area contributed by atoms with E-state index >= 15 is 0 Å². The van der Waals surface area contributed by atoms with Gasteiger partial charge in [-0.3, -0.25) is 4.79 Å². The number of aryl methyl sites for hydroxylation is 1.